The minimum atomic E-state index is -3.68. The van der Waals surface area contributed by atoms with Gasteiger partial charge in [-0.2, -0.15) is 0 Å². The van der Waals surface area contributed by atoms with Gasteiger partial charge in [0.2, 0.25) is 15.9 Å². The molecular formula is C21H25N3O4S. The van der Waals surface area contributed by atoms with E-state index in [4.69, 9.17) is 5.14 Å². The minimum Gasteiger partial charge on any atom is -0.508 e. The van der Waals surface area contributed by atoms with Crippen molar-refractivity contribution in [1.82, 2.24) is 10.2 Å². The molecule has 29 heavy (non-hydrogen) atoms. The molecule has 0 bridgehead atoms. The van der Waals surface area contributed by atoms with E-state index in [0.29, 0.717) is 26.1 Å². The van der Waals surface area contributed by atoms with Crippen molar-refractivity contribution in [2.24, 2.45) is 5.14 Å². The predicted molar refractivity (Wildman–Crippen MR) is 112 cm³/mol. The zero-order valence-corrected chi connectivity index (χ0v) is 16.9. The van der Waals surface area contributed by atoms with Crippen molar-refractivity contribution in [3.05, 3.63) is 65.7 Å². The standard InChI is InChI=1S/C21H25N3O4S/c22-29(27,28)20-7-1-16(2-8-20)9-12-23-21(26)15-24-13-10-18(11-14-24)17-3-5-19(25)6-4-17/h1-8,10,25H,9,11-15H2,(H,23,26)(H2,22,27,28). The summed E-state index contributed by atoms with van der Waals surface area (Å²) in [6.45, 7) is 2.33. The molecule has 0 aliphatic carbocycles. The Hall–Kier alpha value is -2.68. The quantitative estimate of drug-likeness (QED) is 0.634. The molecule has 7 nitrogen and oxygen atoms in total. The Balaban J connectivity index is 1.42. The number of nitrogens with zero attached hydrogens (tertiary/aromatic N) is 1. The first kappa shape index (κ1) is 21.0. The summed E-state index contributed by atoms with van der Waals surface area (Å²) in [5.74, 6) is 0.219. The predicted octanol–water partition coefficient (Wildman–Crippen LogP) is 1.49. The molecule has 1 amide bonds. The van der Waals surface area contributed by atoms with E-state index in [-0.39, 0.29) is 16.6 Å². The number of sulfonamides is 1. The van der Waals surface area contributed by atoms with Crippen molar-refractivity contribution in [3.8, 4) is 5.75 Å². The lowest BCUT2D eigenvalue weighted by atomic mass is 9.99. The second kappa shape index (κ2) is 9.21. The van der Waals surface area contributed by atoms with Crippen molar-refractivity contribution in [2.75, 3.05) is 26.2 Å². The first-order valence-electron chi connectivity index (χ1n) is 9.40. The molecule has 0 aromatic heterocycles. The third-order valence-electron chi connectivity index (χ3n) is 4.89. The van der Waals surface area contributed by atoms with Gasteiger partial charge in [-0.3, -0.25) is 9.69 Å². The largest absolute Gasteiger partial charge is 0.508 e. The van der Waals surface area contributed by atoms with Crippen molar-refractivity contribution in [3.63, 3.8) is 0 Å². The number of hydrogen-bond donors (Lipinski definition) is 3. The second-order valence-corrected chi connectivity index (χ2v) is 8.61. The number of nitrogens with two attached hydrogens (primary N) is 1. The Morgan fingerprint density at radius 1 is 1.10 bits per heavy atom. The summed E-state index contributed by atoms with van der Waals surface area (Å²) in [5, 5.41) is 17.4. The minimum absolute atomic E-state index is 0.0346. The molecule has 0 fully saturated rings. The molecule has 2 aromatic rings. The number of benzene rings is 2. The molecule has 8 heteroatoms. The smallest absolute Gasteiger partial charge is 0.238 e. The summed E-state index contributed by atoms with van der Waals surface area (Å²) >= 11 is 0. The molecule has 0 unspecified atom stereocenters. The topological polar surface area (TPSA) is 113 Å². The number of phenols is 1. The van der Waals surface area contributed by atoms with E-state index in [1.54, 1.807) is 24.3 Å². The zero-order valence-electron chi connectivity index (χ0n) is 16.0. The number of primary sulfonamides is 1. The molecule has 0 saturated heterocycles. The normalized spacial score (nSPS) is 15.0. The Kier molecular flexibility index (Phi) is 6.68. The first-order valence-corrected chi connectivity index (χ1v) is 10.9. The highest BCUT2D eigenvalue weighted by Gasteiger charge is 2.15. The van der Waals surface area contributed by atoms with Crippen molar-refractivity contribution >= 4 is 21.5 Å². The van der Waals surface area contributed by atoms with Crippen LogP contribution in [0, 0.1) is 0 Å². The van der Waals surface area contributed by atoms with Crippen LogP contribution in [-0.4, -0.2) is 50.5 Å². The molecule has 1 heterocycles. The SMILES string of the molecule is NS(=O)(=O)c1ccc(CCNC(=O)CN2CC=C(c3ccc(O)cc3)CC2)cc1. The van der Waals surface area contributed by atoms with Gasteiger partial charge in [0.05, 0.1) is 11.4 Å². The summed E-state index contributed by atoms with van der Waals surface area (Å²) in [6.07, 6.45) is 3.59. The molecule has 0 radical (unpaired) electrons. The summed E-state index contributed by atoms with van der Waals surface area (Å²) in [7, 11) is -3.68. The van der Waals surface area contributed by atoms with Crippen LogP contribution in [0.4, 0.5) is 0 Å². The lowest BCUT2D eigenvalue weighted by Gasteiger charge is -2.26. The summed E-state index contributed by atoms with van der Waals surface area (Å²) in [5.41, 5.74) is 3.25. The molecule has 3 rings (SSSR count). The van der Waals surface area contributed by atoms with E-state index in [2.05, 4.69) is 16.3 Å². The van der Waals surface area contributed by atoms with Crippen LogP contribution in [0.2, 0.25) is 0 Å². The number of hydrogen-bond acceptors (Lipinski definition) is 5. The van der Waals surface area contributed by atoms with E-state index < -0.39 is 10.0 Å². The van der Waals surface area contributed by atoms with Gasteiger partial charge in [-0.15, -0.1) is 0 Å². The molecule has 2 aromatic carbocycles. The van der Waals surface area contributed by atoms with Gasteiger partial charge < -0.3 is 10.4 Å². The maximum atomic E-state index is 12.2. The average Bonchev–Trinajstić information content (AvgIpc) is 2.69. The van der Waals surface area contributed by atoms with Gasteiger partial charge >= 0.3 is 0 Å². The fraction of sp³-hybridized carbons (Fsp3) is 0.286. The number of phenolic OH excluding ortho intramolecular Hbond substituents is 1. The molecule has 0 spiro atoms. The average molecular weight is 416 g/mol. The van der Waals surface area contributed by atoms with Crippen LogP contribution in [0.3, 0.4) is 0 Å². The number of nitrogens with one attached hydrogen (secondary N) is 1. The lowest BCUT2D eigenvalue weighted by Crippen LogP contribution is -2.39. The van der Waals surface area contributed by atoms with Gasteiger partial charge in [0.25, 0.3) is 0 Å². The number of aromatic hydroxyl groups is 1. The molecule has 4 N–H and O–H groups in total. The summed E-state index contributed by atoms with van der Waals surface area (Å²) < 4.78 is 22.5. The van der Waals surface area contributed by atoms with Gasteiger partial charge in [-0.1, -0.05) is 30.3 Å². The van der Waals surface area contributed by atoms with Crippen LogP contribution in [-0.2, 0) is 21.2 Å². The fourth-order valence-corrected chi connectivity index (χ4v) is 3.76. The van der Waals surface area contributed by atoms with Crippen molar-refractivity contribution in [1.29, 1.82) is 0 Å². The van der Waals surface area contributed by atoms with Gasteiger partial charge in [0.15, 0.2) is 0 Å². The summed E-state index contributed by atoms with van der Waals surface area (Å²) in [6, 6.07) is 13.5. The van der Waals surface area contributed by atoms with Crippen LogP contribution < -0.4 is 10.5 Å². The van der Waals surface area contributed by atoms with E-state index in [9.17, 15) is 18.3 Å². The third kappa shape index (κ3) is 6.15. The van der Waals surface area contributed by atoms with Crippen molar-refractivity contribution < 1.29 is 18.3 Å². The Morgan fingerprint density at radius 2 is 1.79 bits per heavy atom. The fourth-order valence-electron chi connectivity index (χ4n) is 3.24. The highest BCUT2D eigenvalue weighted by atomic mass is 32.2. The van der Waals surface area contributed by atoms with Crippen LogP contribution in [0.25, 0.3) is 5.57 Å². The molecule has 1 aliphatic heterocycles. The Labute approximate surface area is 170 Å². The van der Waals surface area contributed by atoms with Crippen LogP contribution >= 0.6 is 0 Å². The van der Waals surface area contributed by atoms with Gasteiger partial charge in [0, 0.05) is 19.6 Å². The molecule has 0 saturated carbocycles. The molecular weight excluding hydrogens is 390 g/mol. The van der Waals surface area contributed by atoms with E-state index in [0.717, 1.165) is 24.1 Å². The third-order valence-corrected chi connectivity index (χ3v) is 5.82. The maximum Gasteiger partial charge on any atom is 0.238 e. The van der Waals surface area contributed by atoms with Gasteiger partial charge in [-0.05, 0) is 53.8 Å². The lowest BCUT2D eigenvalue weighted by molar-refractivity contribution is -0.122. The van der Waals surface area contributed by atoms with Crippen LogP contribution in [0.1, 0.15) is 17.5 Å². The first-order chi connectivity index (χ1) is 13.8. The van der Waals surface area contributed by atoms with E-state index >= 15 is 0 Å². The monoisotopic (exact) mass is 415 g/mol. The number of rotatable bonds is 7. The highest BCUT2D eigenvalue weighted by Crippen LogP contribution is 2.23. The van der Waals surface area contributed by atoms with Gasteiger partial charge in [0.1, 0.15) is 5.75 Å². The highest BCUT2D eigenvalue weighted by molar-refractivity contribution is 7.89. The number of carbonyl (C=O) groups is 1. The Morgan fingerprint density at radius 3 is 2.38 bits per heavy atom. The van der Waals surface area contributed by atoms with Gasteiger partial charge in [-0.25, -0.2) is 13.6 Å². The number of amides is 1. The van der Waals surface area contributed by atoms with E-state index in [1.165, 1.54) is 17.7 Å². The maximum absolute atomic E-state index is 12.2. The Bertz CT molecular complexity index is 984. The number of carbonyl (C=O) groups excluding carboxylic acids is 1. The second-order valence-electron chi connectivity index (χ2n) is 7.05. The summed E-state index contributed by atoms with van der Waals surface area (Å²) in [4.78, 5) is 14.3. The molecule has 154 valence electrons. The molecule has 0 atom stereocenters. The zero-order chi connectivity index (χ0) is 20.9. The van der Waals surface area contributed by atoms with Crippen LogP contribution in [0.15, 0.2) is 59.5 Å². The molecule has 1 aliphatic rings. The van der Waals surface area contributed by atoms with Crippen molar-refractivity contribution in [2.45, 2.75) is 17.7 Å². The van der Waals surface area contributed by atoms with Crippen LogP contribution in [0.5, 0.6) is 5.75 Å². The van der Waals surface area contributed by atoms with E-state index in [1.807, 2.05) is 12.1 Å².